The van der Waals surface area contributed by atoms with Crippen LogP contribution in [0.2, 0.25) is 0 Å². The van der Waals surface area contributed by atoms with Gasteiger partial charge >= 0.3 is 0 Å². The first kappa shape index (κ1) is 11.4. The molecular weight excluding hydrogens is 200 g/mol. The number of nitrogens with one attached hydrogen (secondary N) is 1. The zero-order chi connectivity index (χ0) is 11.5. The van der Waals surface area contributed by atoms with Crippen LogP contribution in [0.1, 0.15) is 44.9 Å². The van der Waals surface area contributed by atoms with E-state index in [0.717, 1.165) is 29.8 Å². The number of carbonyl (C=O) groups is 1. The molecule has 0 bridgehead atoms. The molecule has 0 aromatic heterocycles. The lowest BCUT2D eigenvalue weighted by Crippen LogP contribution is -2.70. The molecule has 0 heterocycles. The van der Waals surface area contributed by atoms with Gasteiger partial charge in [-0.05, 0) is 25.7 Å². The first-order valence-electron chi connectivity index (χ1n) is 6.31. The van der Waals surface area contributed by atoms with Crippen LogP contribution in [-0.4, -0.2) is 18.5 Å². The van der Waals surface area contributed by atoms with Crippen LogP contribution in [0.15, 0.2) is 11.3 Å². The van der Waals surface area contributed by atoms with Gasteiger partial charge in [-0.15, -0.1) is 0 Å². The normalized spacial score (nSPS) is 24.3. The van der Waals surface area contributed by atoms with E-state index in [9.17, 15) is 4.79 Å². The summed E-state index contributed by atoms with van der Waals surface area (Å²) in [4.78, 5) is 15.2. The van der Waals surface area contributed by atoms with Crippen LogP contribution >= 0.6 is 0 Å². The van der Waals surface area contributed by atoms with Crippen molar-refractivity contribution in [1.29, 1.82) is 0 Å². The van der Waals surface area contributed by atoms with Gasteiger partial charge in [-0.25, -0.2) is 4.99 Å². The van der Waals surface area contributed by atoms with E-state index < -0.39 is 0 Å². The quantitative estimate of drug-likeness (QED) is 0.659. The third kappa shape index (κ3) is 2.04. The van der Waals surface area contributed by atoms with E-state index in [2.05, 4.69) is 4.99 Å². The molecule has 1 saturated carbocycles. The Kier molecular flexibility index (Phi) is 3.42. The topological polar surface area (TPSA) is 57.1 Å². The number of hydrogen-bond donors (Lipinski definition) is 2. The summed E-state index contributed by atoms with van der Waals surface area (Å²) in [6, 6.07) is 0. The van der Waals surface area contributed by atoms with Gasteiger partial charge in [0.2, 0.25) is 0 Å². The molecule has 0 aromatic rings. The van der Waals surface area contributed by atoms with Gasteiger partial charge in [0.1, 0.15) is 12.6 Å². The van der Waals surface area contributed by atoms with Crippen LogP contribution < -0.4 is 10.7 Å². The van der Waals surface area contributed by atoms with Gasteiger partial charge in [0.25, 0.3) is 0 Å². The van der Waals surface area contributed by atoms with Crippen molar-refractivity contribution >= 4 is 11.5 Å². The highest BCUT2D eigenvalue weighted by Gasteiger charge is 2.33. The lowest BCUT2D eigenvalue weighted by atomic mass is 9.85. The predicted molar refractivity (Wildman–Crippen MR) is 63.9 cm³/mol. The summed E-state index contributed by atoms with van der Waals surface area (Å²) in [6.07, 6.45) is 7.39. The van der Waals surface area contributed by atoms with Gasteiger partial charge in [-0.1, -0.05) is 12.8 Å². The Labute approximate surface area is 96.8 Å². The highest BCUT2D eigenvalue weighted by atomic mass is 16.1. The Bertz CT molecular complexity index is 349. The Hall–Kier alpha value is -1.12. The van der Waals surface area contributed by atoms with Crippen LogP contribution in [0.3, 0.4) is 0 Å². The largest absolute Gasteiger partial charge is 0.401 e. The summed E-state index contributed by atoms with van der Waals surface area (Å²) < 4.78 is 0. The summed E-state index contributed by atoms with van der Waals surface area (Å²) in [5.74, 6) is 0.764. The summed E-state index contributed by atoms with van der Waals surface area (Å²) in [5, 5.41) is 0. The minimum absolute atomic E-state index is 0.236. The molecule has 3 heteroatoms. The van der Waals surface area contributed by atoms with Gasteiger partial charge in [0.05, 0.1) is 0 Å². The van der Waals surface area contributed by atoms with Gasteiger partial charge in [-0.3, -0.25) is 4.79 Å². The third-order valence-electron chi connectivity index (χ3n) is 3.75. The van der Waals surface area contributed by atoms with Crippen LogP contribution in [0.25, 0.3) is 0 Å². The molecule has 3 nitrogen and oxygen atoms in total. The van der Waals surface area contributed by atoms with Crippen molar-refractivity contribution in [3.05, 3.63) is 11.3 Å². The number of rotatable bonds is 2. The third-order valence-corrected chi connectivity index (χ3v) is 3.75. The molecule has 16 heavy (non-hydrogen) atoms. The van der Waals surface area contributed by atoms with E-state index in [-0.39, 0.29) is 5.78 Å². The van der Waals surface area contributed by atoms with E-state index in [4.69, 9.17) is 5.73 Å². The molecule has 2 aliphatic rings. The average Bonchev–Trinajstić information content (AvgIpc) is 2.77. The number of hydrogen-bond acceptors (Lipinski definition) is 2. The van der Waals surface area contributed by atoms with E-state index in [0.29, 0.717) is 12.3 Å². The standard InChI is InChI=1S/C13H20N2O/c1-15-13(9-5-2-3-6-9)12-10(14)7-4-8-11(12)16/h9H,2-8,14H2,1H3/p+1. The molecule has 0 spiro atoms. The monoisotopic (exact) mass is 221 g/mol. The molecule has 2 rings (SSSR count). The molecule has 0 unspecified atom stereocenters. The molecule has 0 aliphatic heterocycles. The maximum Gasteiger partial charge on any atom is 0.189 e. The van der Waals surface area contributed by atoms with Gasteiger partial charge < -0.3 is 5.73 Å². The Morgan fingerprint density at radius 2 is 1.94 bits per heavy atom. The molecular formula is C13H21N2O+. The average molecular weight is 221 g/mol. The van der Waals surface area contributed by atoms with Crippen molar-refractivity contribution in [2.45, 2.75) is 44.9 Å². The van der Waals surface area contributed by atoms with Crippen molar-refractivity contribution in [3.63, 3.8) is 0 Å². The maximum atomic E-state index is 12.0. The first-order chi connectivity index (χ1) is 7.74. The highest BCUT2D eigenvalue weighted by molar-refractivity contribution is 6.21. The molecule has 0 saturated heterocycles. The Morgan fingerprint density at radius 1 is 1.25 bits per heavy atom. The Morgan fingerprint density at radius 3 is 2.50 bits per heavy atom. The van der Waals surface area contributed by atoms with E-state index in [1.807, 2.05) is 7.05 Å². The molecule has 0 amide bonds. The van der Waals surface area contributed by atoms with Gasteiger partial charge in [-0.2, -0.15) is 0 Å². The predicted octanol–water partition coefficient (Wildman–Crippen LogP) is 0.294. The zero-order valence-corrected chi connectivity index (χ0v) is 10.0. The number of Topliss-reactive ketones (excluding diaryl/α,β-unsaturated/α-hetero) is 1. The van der Waals surface area contributed by atoms with Gasteiger partial charge in [0, 0.05) is 18.0 Å². The lowest BCUT2D eigenvalue weighted by molar-refractivity contribution is -0.422. The molecule has 0 aromatic carbocycles. The molecule has 0 atom stereocenters. The molecule has 1 fully saturated rings. The van der Waals surface area contributed by atoms with Crippen molar-refractivity contribution in [3.8, 4) is 0 Å². The SMILES string of the molecule is C[NH+]=C(C1=C(N)CCCC1=O)C1CCCC1. The highest BCUT2D eigenvalue weighted by Crippen LogP contribution is 2.30. The van der Waals surface area contributed by atoms with Crippen molar-refractivity contribution in [2.24, 2.45) is 11.7 Å². The summed E-state index contributed by atoms with van der Waals surface area (Å²) in [6.45, 7) is 0. The molecule has 0 radical (unpaired) electrons. The van der Waals surface area contributed by atoms with Crippen molar-refractivity contribution in [1.82, 2.24) is 0 Å². The molecule has 88 valence electrons. The number of carbonyl (C=O) groups excluding carboxylic acids is 1. The second-order valence-corrected chi connectivity index (χ2v) is 4.82. The van der Waals surface area contributed by atoms with Crippen LogP contribution in [-0.2, 0) is 4.79 Å². The minimum atomic E-state index is 0.236. The number of ketones is 1. The van der Waals surface area contributed by atoms with E-state index in [1.54, 1.807) is 0 Å². The number of nitrogens with two attached hydrogens (primary N) is 1. The smallest absolute Gasteiger partial charge is 0.189 e. The van der Waals surface area contributed by atoms with Crippen molar-refractivity contribution < 1.29 is 9.79 Å². The molecule has 2 aliphatic carbocycles. The maximum absolute atomic E-state index is 12.0. The van der Waals surface area contributed by atoms with Crippen LogP contribution in [0.4, 0.5) is 0 Å². The van der Waals surface area contributed by atoms with Crippen molar-refractivity contribution in [2.75, 3.05) is 7.05 Å². The fraction of sp³-hybridized carbons (Fsp3) is 0.692. The Balaban J connectivity index is 2.29. The van der Waals surface area contributed by atoms with Crippen LogP contribution in [0.5, 0.6) is 0 Å². The number of allylic oxidation sites excluding steroid dienone is 2. The second kappa shape index (κ2) is 4.81. The summed E-state index contributed by atoms with van der Waals surface area (Å²) in [5.41, 5.74) is 8.74. The molecule has 3 N–H and O–H groups in total. The summed E-state index contributed by atoms with van der Waals surface area (Å²) in [7, 11) is 1.91. The fourth-order valence-electron chi connectivity index (χ4n) is 2.94. The lowest BCUT2D eigenvalue weighted by Gasteiger charge is -2.17. The second-order valence-electron chi connectivity index (χ2n) is 4.82. The van der Waals surface area contributed by atoms with Crippen LogP contribution in [0, 0.1) is 5.92 Å². The minimum Gasteiger partial charge on any atom is -0.401 e. The van der Waals surface area contributed by atoms with E-state index >= 15 is 0 Å². The fourth-order valence-corrected chi connectivity index (χ4v) is 2.94. The zero-order valence-electron chi connectivity index (χ0n) is 10.0. The van der Waals surface area contributed by atoms with Gasteiger partial charge in [0.15, 0.2) is 11.5 Å². The first-order valence-corrected chi connectivity index (χ1v) is 6.31. The summed E-state index contributed by atoms with van der Waals surface area (Å²) >= 11 is 0. The van der Waals surface area contributed by atoms with E-state index in [1.165, 1.54) is 25.7 Å².